The van der Waals surface area contributed by atoms with E-state index in [1.807, 2.05) is 6.07 Å². The number of ether oxygens (including phenoxy) is 2. The van der Waals surface area contributed by atoms with Crippen molar-refractivity contribution in [2.24, 2.45) is 5.92 Å². The van der Waals surface area contributed by atoms with Crippen LogP contribution >= 0.6 is 0 Å². The van der Waals surface area contributed by atoms with Gasteiger partial charge in [0, 0.05) is 0 Å². The van der Waals surface area contributed by atoms with Crippen molar-refractivity contribution in [2.75, 3.05) is 6.61 Å². The van der Waals surface area contributed by atoms with Crippen molar-refractivity contribution in [1.82, 2.24) is 0 Å². The van der Waals surface area contributed by atoms with E-state index < -0.39 is 29.6 Å². The molecule has 1 aliphatic rings. The Morgan fingerprint density at radius 2 is 1.96 bits per heavy atom. The Kier molecular flexibility index (Phi) is 4.10. The summed E-state index contributed by atoms with van der Waals surface area (Å²) in [5, 5.41) is 0. The molecule has 118 valence electrons. The predicted octanol–water partition coefficient (Wildman–Crippen LogP) is 3.32. The number of hydrogen-bond donors (Lipinski definition) is 0. The second-order valence-corrected chi connectivity index (χ2v) is 5.18. The number of carbonyl (C=O) groups excluding carboxylic acids is 2. The normalized spacial score (nSPS) is 19.7. The lowest BCUT2D eigenvalue weighted by molar-refractivity contribution is -0.149. The molecule has 23 heavy (non-hydrogen) atoms. The molecule has 1 heterocycles. The van der Waals surface area contributed by atoms with Crippen LogP contribution < -0.4 is 4.74 Å². The maximum Gasteiger partial charge on any atom is 0.321 e. The van der Waals surface area contributed by atoms with Gasteiger partial charge in [-0.3, -0.25) is 9.59 Å². The van der Waals surface area contributed by atoms with Gasteiger partial charge >= 0.3 is 5.97 Å². The quantitative estimate of drug-likeness (QED) is 0.644. The average Bonchev–Trinajstić information content (AvgIpc) is 2.56. The summed E-state index contributed by atoms with van der Waals surface area (Å²) in [5.41, 5.74) is 0.754. The molecule has 0 amide bonds. The minimum absolute atomic E-state index is 0.0650. The summed E-state index contributed by atoms with van der Waals surface area (Å²) in [7, 11) is 0. The zero-order chi connectivity index (χ0) is 16.4. The van der Waals surface area contributed by atoms with Crippen LogP contribution in [0.2, 0.25) is 0 Å². The van der Waals surface area contributed by atoms with Crippen LogP contribution in [-0.2, 0) is 9.53 Å². The first-order valence-corrected chi connectivity index (χ1v) is 7.34. The molecule has 0 fully saturated rings. The first-order valence-electron chi connectivity index (χ1n) is 7.34. The van der Waals surface area contributed by atoms with Gasteiger partial charge in [0.2, 0.25) is 0 Å². The van der Waals surface area contributed by atoms with Gasteiger partial charge < -0.3 is 9.47 Å². The molecule has 0 radical (unpaired) electrons. The van der Waals surface area contributed by atoms with E-state index in [2.05, 4.69) is 0 Å². The lowest BCUT2D eigenvalue weighted by Crippen LogP contribution is -2.38. The minimum Gasteiger partial charge on any atom is -0.484 e. The molecule has 0 spiro atoms. The van der Waals surface area contributed by atoms with Crippen LogP contribution in [0.4, 0.5) is 4.39 Å². The number of esters is 1. The second-order valence-electron chi connectivity index (χ2n) is 5.18. The monoisotopic (exact) mass is 314 g/mol. The van der Waals surface area contributed by atoms with E-state index in [-0.39, 0.29) is 17.9 Å². The van der Waals surface area contributed by atoms with Crippen LogP contribution in [0.5, 0.6) is 5.75 Å². The second kappa shape index (κ2) is 6.20. The highest BCUT2D eigenvalue weighted by molar-refractivity contribution is 6.11. The van der Waals surface area contributed by atoms with E-state index in [9.17, 15) is 14.0 Å². The van der Waals surface area contributed by atoms with Gasteiger partial charge in [-0.25, -0.2) is 4.39 Å². The van der Waals surface area contributed by atoms with Crippen LogP contribution in [0.25, 0.3) is 0 Å². The van der Waals surface area contributed by atoms with E-state index in [0.717, 1.165) is 6.07 Å². The van der Waals surface area contributed by atoms with Crippen LogP contribution in [-0.4, -0.2) is 18.4 Å². The highest BCUT2D eigenvalue weighted by atomic mass is 19.1. The lowest BCUT2D eigenvalue weighted by atomic mass is 9.85. The Labute approximate surface area is 132 Å². The number of benzene rings is 2. The molecule has 0 saturated heterocycles. The summed E-state index contributed by atoms with van der Waals surface area (Å²) in [6, 6.07) is 12.7. The van der Waals surface area contributed by atoms with Gasteiger partial charge in [0.15, 0.2) is 11.7 Å². The zero-order valence-corrected chi connectivity index (χ0v) is 12.5. The van der Waals surface area contributed by atoms with E-state index in [0.29, 0.717) is 5.56 Å². The van der Waals surface area contributed by atoms with E-state index in [4.69, 9.17) is 9.47 Å². The van der Waals surface area contributed by atoms with Crippen molar-refractivity contribution in [3.05, 3.63) is 65.5 Å². The Bertz CT molecular complexity index is 742. The van der Waals surface area contributed by atoms with Crippen molar-refractivity contribution in [3.8, 4) is 5.75 Å². The lowest BCUT2D eigenvalue weighted by Gasteiger charge is -2.31. The fourth-order valence-corrected chi connectivity index (χ4v) is 2.67. The zero-order valence-electron chi connectivity index (χ0n) is 12.5. The Morgan fingerprint density at radius 1 is 1.22 bits per heavy atom. The van der Waals surface area contributed by atoms with Gasteiger partial charge in [-0.15, -0.1) is 0 Å². The first kappa shape index (κ1) is 15.2. The average molecular weight is 314 g/mol. The number of ketones is 1. The summed E-state index contributed by atoms with van der Waals surface area (Å²) in [5.74, 6) is -2.58. The summed E-state index contributed by atoms with van der Waals surface area (Å²) in [6.45, 7) is 1.82. The molecule has 2 aromatic rings. The number of hydrogen-bond acceptors (Lipinski definition) is 4. The third kappa shape index (κ3) is 2.82. The van der Waals surface area contributed by atoms with Crippen molar-refractivity contribution in [1.29, 1.82) is 0 Å². The molecular formula is C18H15FO4. The maximum atomic E-state index is 13.4. The van der Waals surface area contributed by atoms with Gasteiger partial charge in [0.1, 0.15) is 17.7 Å². The number of fused-ring (bicyclic) bond motifs is 1. The Hall–Kier alpha value is -2.69. The summed E-state index contributed by atoms with van der Waals surface area (Å²) < 4.78 is 24.3. The Balaban J connectivity index is 2.08. The molecule has 2 unspecified atom stereocenters. The smallest absolute Gasteiger partial charge is 0.321 e. The van der Waals surface area contributed by atoms with Crippen molar-refractivity contribution in [2.45, 2.75) is 13.0 Å². The largest absolute Gasteiger partial charge is 0.484 e. The van der Waals surface area contributed by atoms with E-state index in [1.165, 1.54) is 12.1 Å². The fraction of sp³-hybridized carbons (Fsp3) is 0.222. The molecule has 0 aromatic heterocycles. The van der Waals surface area contributed by atoms with Crippen LogP contribution in [0.1, 0.15) is 28.9 Å². The van der Waals surface area contributed by atoms with Gasteiger partial charge in [-0.2, -0.15) is 0 Å². The SMILES string of the molecule is CCOC(=O)C1C(=O)c2cc(F)ccc2OC1c1ccccc1. The number of Topliss-reactive ketones (excluding diaryl/α,β-unsaturated/α-hetero) is 1. The van der Waals surface area contributed by atoms with E-state index in [1.54, 1.807) is 31.2 Å². The fourth-order valence-electron chi connectivity index (χ4n) is 2.67. The van der Waals surface area contributed by atoms with Crippen molar-refractivity contribution < 1.29 is 23.5 Å². The molecule has 0 bridgehead atoms. The molecule has 2 aromatic carbocycles. The highest BCUT2D eigenvalue weighted by Gasteiger charge is 2.44. The molecule has 0 aliphatic carbocycles. The van der Waals surface area contributed by atoms with Gasteiger partial charge in [0.05, 0.1) is 12.2 Å². The van der Waals surface area contributed by atoms with Crippen LogP contribution in [0, 0.1) is 11.7 Å². The molecule has 5 heteroatoms. The molecule has 0 saturated carbocycles. The highest BCUT2D eigenvalue weighted by Crippen LogP contribution is 2.39. The third-order valence-electron chi connectivity index (χ3n) is 3.71. The molecular weight excluding hydrogens is 299 g/mol. The molecule has 4 nitrogen and oxygen atoms in total. The van der Waals surface area contributed by atoms with Crippen LogP contribution in [0.3, 0.4) is 0 Å². The summed E-state index contributed by atoms with van der Waals surface area (Å²) >= 11 is 0. The predicted molar refractivity (Wildman–Crippen MR) is 80.7 cm³/mol. The number of carbonyl (C=O) groups is 2. The molecule has 0 N–H and O–H groups in total. The van der Waals surface area contributed by atoms with Crippen LogP contribution in [0.15, 0.2) is 48.5 Å². The topological polar surface area (TPSA) is 52.6 Å². The third-order valence-corrected chi connectivity index (χ3v) is 3.71. The van der Waals surface area contributed by atoms with E-state index >= 15 is 0 Å². The number of rotatable bonds is 3. The molecule has 2 atom stereocenters. The molecule has 3 rings (SSSR count). The molecule has 1 aliphatic heterocycles. The van der Waals surface area contributed by atoms with Crippen molar-refractivity contribution >= 4 is 11.8 Å². The van der Waals surface area contributed by atoms with Crippen molar-refractivity contribution in [3.63, 3.8) is 0 Å². The Morgan fingerprint density at radius 3 is 2.65 bits per heavy atom. The minimum atomic E-state index is -1.15. The van der Waals surface area contributed by atoms with Gasteiger partial charge in [0.25, 0.3) is 0 Å². The van der Waals surface area contributed by atoms with Gasteiger partial charge in [-0.05, 0) is 30.7 Å². The van der Waals surface area contributed by atoms with Gasteiger partial charge in [-0.1, -0.05) is 30.3 Å². The standard InChI is InChI=1S/C18H15FO4/c1-2-22-18(21)15-16(20)13-10-12(19)8-9-14(13)23-17(15)11-6-4-3-5-7-11/h3-10,15,17H,2H2,1H3. The number of halogens is 1. The summed E-state index contributed by atoms with van der Waals surface area (Å²) in [4.78, 5) is 25.0. The summed E-state index contributed by atoms with van der Waals surface area (Å²) in [6.07, 6.45) is -0.791. The maximum absolute atomic E-state index is 13.4. The first-order chi connectivity index (χ1) is 11.1.